The molecule has 0 saturated carbocycles. The molecule has 3 nitrogen and oxygen atoms in total. The van der Waals surface area contributed by atoms with Crippen LogP contribution >= 0.6 is 0 Å². The Hall–Kier alpha value is -0.830. The van der Waals surface area contributed by atoms with E-state index < -0.39 is 0 Å². The van der Waals surface area contributed by atoms with Crippen LogP contribution in [0.25, 0.3) is 0 Å². The lowest BCUT2D eigenvalue weighted by molar-refractivity contribution is -0.981. The predicted molar refractivity (Wildman–Crippen MR) is 48.0 cm³/mol. The van der Waals surface area contributed by atoms with E-state index in [1.165, 1.54) is 0 Å². The first-order valence-electron chi connectivity index (χ1n) is 4.25. The minimum absolute atomic E-state index is 0.153. The predicted octanol–water partition coefficient (Wildman–Crippen LogP) is 0.642. The third kappa shape index (κ3) is 1.37. The van der Waals surface area contributed by atoms with Crippen LogP contribution in [-0.4, -0.2) is 42.7 Å². The fourth-order valence-corrected chi connectivity index (χ4v) is 1.80. The van der Waals surface area contributed by atoms with Gasteiger partial charge in [-0.1, -0.05) is 6.08 Å². The van der Waals surface area contributed by atoms with E-state index in [1.54, 1.807) is 6.08 Å². The van der Waals surface area contributed by atoms with Crippen LogP contribution in [0, 0.1) is 5.92 Å². The molecule has 68 valence electrons. The number of rotatable bonds is 2. The summed E-state index contributed by atoms with van der Waals surface area (Å²) in [5.41, 5.74) is 0. The van der Waals surface area contributed by atoms with E-state index in [0.717, 1.165) is 6.54 Å². The smallest absolute Gasteiger partial charge is 0.269 e. The van der Waals surface area contributed by atoms with Gasteiger partial charge in [-0.3, -0.25) is 4.79 Å². The zero-order valence-electron chi connectivity index (χ0n) is 8.08. The zero-order valence-corrected chi connectivity index (χ0v) is 8.08. The van der Waals surface area contributed by atoms with Gasteiger partial charge < -0.3 is 0 Å². The van der Waals surface area contributed by atoms with Crippen molar-refractivity contribution in [3.63, 3.8) is 0 Å². The summed E-state index contributed by atoms with van der Waals surface area (Å²) >= 11 is 0. The van der Waals surface area contributed by atoms with E-state index in [0.29, 0.717) is 11.1 Å². The second kappa shape index (κ2) is 2.90. The van der Waals surface area contributed by atoms with Crippen molar-refractivity contribution in [1.82, 2.24) is 5.01 Å². The van der Waals surface area contributed by atoms with E-state index in [9.17, 15) is 4.79 Å². The molecule has 1 heterocycles. The fraction of sp³-hybridized carbons (Fsp3) is 0.667. The van der Waals surface area contributed by atoms with Gasteiger partial charge in [-0.2, -0.15) is 5.01 Å². The van der Waals surface area contributed by atoms with E-state index in [2.05, 4.69) is 6.58 Å². The monoisotopic (exact) mass is 169 g/mol. The zero-order chi connectivity index (χ0) is 9.35. The van der Waals surface area contributed by atoms with Crippen LogP contribution in [0.2, 0.25) is 0 Å². The number of carbonyl (C=O) groups is 1. The molecule has 0 aromatic heterocycles. The minimum Gasteiger partial charge on any atom is -0.269 e. The average Bonchev–Trinajstić information content (AvgIpc) is 2.13. The van der Waals surface area contributed by atoms with Gasteiger partial charge in [0.1, 0.15) is 6.54 Å². The van der Waals surface area contributed by atoms with Gasteiger partial charge in [0.25, 0.3) is 5.91 Å². The largest absolute Gasteiger partial charge is 0.276 e. The molecule has 0 aromatic carbocycles. The first kappa shape index (κ1) is 9.26. The van der Waals surface area contributed by atoms with Crippen molar-refractivity contribution >= 4 is 5.91 Å². The number of carbonyl (C=O) groups excluding carboxylic acids is 1. The van der Waals surface area contributed by atoms with Crippen LogP contribution in [0.15, 0.2) is 12.7 Å². The maximum Gasteiger partial charge on any atom is 0.276 e. The lowest BCUT2D eigenvalue weighted by Gasteiger charge is -2.31. The number of hydrogen-bond donors (Lipinski definition) is 0. The molecule has 0 aromatic rings. The molecule has 0 N–H and O–H groups in total. The summed E-state index contributed by atoms with van der Waals surface area (Å²) in [4.78, 5) is 11.6. The summed E-state index contributed by atoms with van der Waals surface area (Å²) in [7, 11) is 4.09. The second-order valence-corrected chi connectivity index (χ2v) is 3.91. The molecule has 12 heavy (non-hydrogen) atoms. The lowest BCUT2D eigenvalue weighted by Crippen LogP contribution is -2.50. The fourth-order valence-electron chi connectivity index (χ4n) is 1.80. The molecule has 1 rings (SSSR count). The van der Waals surface area contributed by atoms with Crippen molar-refractivity contribution in [3.8, 4) is 0 Å². The van der Waals surface area contributed by atoms with Gasteiger partial charge in [-0.05, 0) is 6.92 Å². The Bertz CT molecular complexity index is 211. The van der Waals surface area contributed by atoms with Gasteiger partial charge in [0.05, 0.1) is 26.6 Å². The van der Waals surface area contributed by atoms with Crippen LogP contribution in [0.3, 0.4) is 0 Å². The second-order valence-electron chi connectivity index (χ2n) is 3.91. The van der Waals surface area contributed by atoms with Crippen LogP contribution in [-0.2, 0) is 4.79 Å². The van der Waals surface area contributed by atoms with E-state index in [1.807, 2.05) is 26.0 Å². The van der Waals surface area contributed by atoms with Gasteiger partial charge in [-0.15, -0.1) is 6.58 Å². The molecule has 0 radical (unpaired) electrons. The maximum atomic E-state index is 11.6. The summed E-state index contributed by atoms with van der Waals surface area (Å²) in [6.07, 6.45) is 1.77. The first-order valence-corrected chi connectivity index (χ1v) is 4.25. The standard InChI is InChI=1S/C9H17N2O/c1-5-6-10-9(12)8(2)7-11(10,3)4/h5,8H,1,6-7H2,2-4H3/q+1. The molecular weight excluding hydrogens is 152 g/mol. The Balaban J connectivity index is 2.81. The Morgan fingerprint density at radius 2 is 2.33 bits per heavy atom. The topological polar surface area (TPSA) is 20.3 Å². The molecule has 1 aliphatic rings. The molecule has 3 heteroatoms. The molecule has 1 unspecified atom stereocenters. The van der Waals surface area contributed by atoms with Crippen LogP contribution in [0.4, 0.5) is 0 Å². The summed E-state index contributed by atoms with van der Waals surface area (Å²) in [5.74, 6) is 0.389. The highest BCUT2D eigenvalue weighted by Crippen LogP contribution is 2.21. The van der Waals surface area contributed by atoms with Crippen molar-refractivity contribution < 1.29 is 9.39 Å². The molecule has 0 bridgehead atoms. The van der Waals surface area contributed by atoms with Crippen molar-refractivity contribution in [1.29, 1.82) is 0 Å². The number of amides is 1. The summed E-state index contributed by atoms with van der Waals surface area (Å²) < 4.78 is 0.659. The van der Waals surface area contributed by atoms with Gasteiger partial charge >= 0.3 is 0 Å². The molecular formula is C9H17N2O+. The van der Waals surface area contributed by atoms with Crippen LogP contribution < -0.4 is 0 Å². The highest BCUT2D eigenvalue weighted by Gasteiger charge is 2.43. The van der Waals surface area contributed by atoms with E-state index >= 15 is 0 Å². The molecule has 0 aliphatic carbocycles. The SMILES string of the molecule is C=CCN1C(=O)C(C)C[N+]1(C)C. The number of nitrogens with zero attached hydrogens (tertiary/aromatic N) is 2. The van der Waals surface area contributed by atoms with Crippen molar-refractivity contribution in [3.05, 3.63) is 12.7 Å². The van der Waals surface area contributed by atoms with Gasteiger partial charge in [0, 0.05) is 0 Å². The molecule has 1 amide bonds. The minimum atomic E-state index is 0.153. The first-order chi connectivity index (χ1) is 5.49. The Kier molecular flexibility index (Phi) is 2.24. The quantitative estimate of drug-likeness (QED) is 0.439. The normalized spacial score (nSPS) is 27.8. The number of quaternary nitrogens is 1. The van der Waals surface area contributed by atoms with Crippen LogP contribution in [0.1, 0.15) is 6.92 Å². The average molecular weight is 169 g/mol. The Morgan fingerprint density at radius 3 is 2.67 bits per heavy atom. The van der Waals surface area contributed by atoms with Crippen molar-refractivity contribution in [2.24, 2.45) is 5.92 Å². The highest BCUT2D eigenvalue weighted by atomic mass is 16.2. The Morgan fingerprint density at radius 1 is 1.75 bits per heavy atom. The number of hydrogen-bond acceptors (Lipinski definition) is 1. The summed E-state index contributed by atoms with van der Waals surface area (Å²) in [6.45, 7) is 7.17. The maximum absolute atomic E-state index is 11.6. The lowest BCUT2D eigenvalue weighted by atomic mass is 10.2. The van der Waals surface area contributed by atoms with Gasteiger partial charge in [0.15, 0.2) is 0 Å². The summed E-state index contributed by atoms with van der Waals surface area (Å²) in [5, 5.41) is 1.84. The van der Waals surface area contributed by atoms with Crippen molar-refractivity contribution in [2.75, 3.05) is 27.2 Å². The summed E-state index contributed by atoms with van der Waals surface area (Å²) in [6, 6.07) is 0. The molecule has 1 aliphatic heterocycles. The molecule has 0 spiro atoms. The molecule has 1 saturated heterocycles. The third-order valence-corrected chi connectivity index (χ3v) is 2.35. The van der Waals surface area contributed by atoms with Gasteiger partial charge in [-0.25, -0.2) is 4.59 Å². The van der Waals surface area contributed by atoms with E-state index in [-0.39, 0.29) is 11.8 Å². The highest BCUT2D eigenvalue weighted by molar-refractivity contribution is 5.78. The molecule has 1 atom stereocenters. The molecule has 1 fully saturated rings. The third-order valence-electron chi connectivity index (χ3n) is 2.35. The Labute approximate surface area is 73.8 Å². The van der Waals surface area contributed by atoms with E-state index in [4.69, 9.17) is 0 Å². The van der Waals surface area contributed by atoms with Crippen molar-refractivity contribution in [2.45, 2.75) is 6.92 Å². The van der Waals surface area contributed by atoms with Crippen LogP contribution in [0.5, 0.6) is 0 Å². The van der Waals surface area contributed by atoms with Gasteiger partial charge in [0.2, 0.25) is 0 Å².